The monoisotopic (exact) mass is 413 g/mol. The summed E-state index contributed by atoms with van der Waals surface area (Å²) in [6.07, 6.45) is 3.23. The summed E-state index contributed by atoms with van der Waals surface area (Å²) in [4.78, 5) is 0. The van der Waals surface area contributed by atoms with Gasteiger partial charge in [0.1, 0.15) is 23.2 Å². The number of thioether (sulfide) groups is 1. The molecule has 0 unspecified atom stereocenters. The Bertz CT molecular complexity index is 990. The van der Waals surface area contributed by atoms with Gasteiger partial charge < -0.3 is 0 Å². The fourth-order valence-electron chi connectivity index (χ4n) is 4.08. The van der Waals surface area contributed by atoms with E-state index in [-0.39, 0.29) is 0 Å². The molecule has 29 heavy (non-hydrogen) atoms. The minimum absolute atomic E-state index is 1.03. The molecule has 0 nitrogen and oxygen atoms in total. The molecule has 144 valence electrons. The summed E-state index contributed by atoms with van der Waals surface area (Å²) >= 11 is 1.90. The molecule has 0 heterocycles. The van der Waals surface area contributed by atoms with Crippen LogP contribution in [0.1, 0.15) is 11.1 Å². The van der Waals surface area contributed by atoms with Crippen molar-refractivity contribution in [2.75, 3.05) is 6.26 Å². The highest BCUT2D eigenvalue weighted by Crippen LogP contribution is 2.58. The third-order valence-electron chi connectivity index (χ3n) is 5.36. The molecular formula is C27H26PS+. The van der Waals surface area contributed by atoms with Crippen LogP contribution in [0.4, 0.5) is 0 Å². The second kappa shape index (κ2) is 9.44. The van der Waals surface area contributed by atoms with Gasteiger partial charge in [-0.3, -0.25) is 0 Å². The highest BCUT2D eigenvalue weighted by atomic mass is 32.2. The Labute approximate surface area is 179 Å². The third kappa shape index (κ3) is 4.17. The van der Waals surface area contributed by atoms with E-state index in [1.165, 1.54) is 27.0 Å². The van der Waals surface area contributed by atoms with Crippen molar-refractivity contribution in [3.8, 4) is 0 Å². The molecule has 0 radical (unpaired) electrons. The quantitative estimate of drug-likeness (QED) is 0.333. The minimum atomic E-state index is -1.86. The molecule has 4 aromatic rings. The minimum Gasteiger partial charge on any atom is -0.160 e. The molecule has 0 aliphatic heterocycles. The van der Waals surface area contributed by atoms with E-state index in [2.05, 4.69) is 122 Å². The van der Waals surface area contributed by atoms with Crippen molar-refractivity contribution in [3.05, 3.63) is 126 Å². The Kier molecular flexibility index (Phi) is 6.49. The first-order valence-corrected chi connectivity index (χ1v) is 13.3. The Morgan fingerprint density at radius 1 is 0.586 bits per heavy atom. The smallest absolute Gasteiger partial charge is 0.116 e. The van der Waals surface area contributed by atoms with E-state index in [1.807, 2.05) is 11.8 Å². The summed E-state index contributed by atoms with van der Waals surface area (Å²) in [6.45, 7) is 0. The van der Waals surface area contributed by atoms with E-state index in [4.69, 9.17) is 0 Å². The normalized spacial score (nSPS) is 11.3. The van der Waals surface area contributed by atoms with Crippen LogP contribution in [0.3, 0.4) is 0 Å². The Morgan fingerprint density at radius 3 is 1.62 bits per heavy atom. The van der Waals surface area contributed by atoms with Crippen molar-refractivity contribution in [3.63, 3.8) is 0 Å². The van der Waals surface area contributed by atoms with Crippen LogP contribution in [-0.4, -0.2) is 6.26 Å². The van der Waals surface area contributed by atoms with E-state index in [0.717, 1.165) is 11.9 Å². The lowest BCUT2D eigenvalue weighted by molar-refractivity contribution is 1.38. The van der Waals surface area contributed by atoms with Gasteiger partial charge in [0.25, 0.3) is 0 Å². The first-order chi connectivity index (χ1) is 14.3. The van der Waals surface area contributed by atoms with E-state index >= 15 is 0 Å². The molecule has 0 aromatic heterocycles. The fraction of sp³-hybridized carbons (Fsp3) is 0.111. The fourth-order valence-corrected chi connectivity index (χ4v) is 9.24. The number of hydrogen-bond donors (Lipinski definition) is 0. The van der Waals surface area contributed by atoms with Crippen LogP contribution in [0.25, 0.3) is 0 Å². The molecule has 0 aliphatic rings. The van der Waals surface area contributed by atoms with E-state index in [9.17, 15) is 0 Å². The second-order valence-electron chi connectivity index (χ2n) is 7.19. The highest BCUT2D eigenvalue weighted by Gasteiger charge is 2.46. The molecular weight excluding hydrogens is 387 g/mol. The SMILES string of the molecule is CSCc1ccccc1[P+](Cc1ccccc1)(c1ccccc1)c1ccccc1. The van der Waals surface area contributed by atoms with Crippen molar-refractivity contribution in [2.45, 2.75) is 11.9 Å². The van der Waals surface area contributed by atoms with Gasteiger partial charge in [0.2, 0.25) is 0 Å². The Balaban J connectivity index is 2.04. The van der Waals surface area contributed by atoms with Gasteiger partial charge in [-0.05, 0) is 42.2 Å². The van der Waals surface area contributed by atoms with E-state index in [1.54, 1.807) is 0 Å². The lowest BCUT2D eigenvalue weighted by Crippen LogP contribution is -2.34. The lowest BCUT2D eigenvalue weighted by atomic mass is 10.2. The number of benzene rings is 4. The van der Waals surface area contributed by atoms with Crippen molar-refractivity contribution < 1.29 is 0 Å². The summed E-state index contributed by atoms with van der Waals surface area (Å²) < 4.78 is 0. The topological polar surface area (TPSA) is 0 Å². The summed E-state index contributed by atoms with van der Waals surface area (Å²) in [5.41, 5.74) is 2.85. The summed E-state index contributed by atoms with van der Waals surface area (Å²) in [5.74, 6) is 1.03. The van der Waals surface area contributed by atoms with Crippen LogP contribution < -0.4 is 15.9 Å². The predicted molar refractivity (Wildman–Crippen MR) is 133 cm³/mol. The van der Waals surface area contributed by atoms with E-state index < -0.39 is 7.26 Å². The lowest BCUT2D eigenvalue weighted by Gasteiger charge is -2.29. The van der Waals surface area contributed by atoms with Gasteiger partial charge >= 0.3 is 0 Å². The van der Waals surface area contributed by atoms with Crippen molar-refractivity contribution in [1.29, 1.82) is 0 Å². The van der Waals surface area contributed by atoms with Gasteiger partial charge in [0.15, 0.2) is 0 Å². The van der Waals surface area contributed by atoms with E-state index in [0.29, 0.717) is 0 Å². The van der Waals surface area contributed by atoms with Crippen molar-refractivity contribution in [1.82, 2.24) is 0 Å². The summed E-state index contributed by atoms with van der Waals surface area (Å²) in [7, 11) is -1.86. The highest BCUT2D eigenvalue weighted by molar-refractivity contribution is 7.98. The largest absolute Gasteiger partial charge is 0.160 e. The standard InChI is InChI=1S/C27H26PS/c1-29-22-24-15-11-12-20-27(24)28(25-16-7-3-8-17-25,26-18-9-4-10-19-26)21-23-13-5-2-6-14-23/h2-20H,21-22H2,1H3/q+1. The molecule has 2 heteroatoms. The zero-order valence-corrected chi connectivity index (χ0v) is 18.5. The van der Waals surface area contributed by atoms with Crippen LogP contribution in [0, 0.1) is 0 Å². The zero-order valence-electron chi connectivity index (χ0n) is 16.7. The average molecular weight is 414 g/mol. The van der Waals surface area contributed by atoms with Gasteiger partial charge in [-0.25, -0.2) is 0 Å². The molecule has 0 saturated heterocycles. The van der Waals surface area contributed by atoms with Gasteiger partial charge in [-0.1, -0.05) is 84.9 Å². The summed E-state index contributed by atoms with van der Waals surface area (Å²) in [6, 6.07) is 42.4. The molecule has 0 atom stereocenters. The Hall–Kier alpha value is -2.34. The molecule has 4 rings (SSSR count). The number of rotatable bonds is 7. The maximum absolute atomic E-state index is 2.38. The molecule has 0 amide bonds. The van der Waals surface area contributed by atoms with Crippen molar-refractivity contribution >= 4 is 34.9 Å². The molecule has 0 aliphatic carbocycles. The van der Waals surface area contributed by atoms with Crippen LogP contribution in [0.15, 0.2) is 115 Å². The maximum Gasteiger partial charge on any atom is 0.116 e. The van der Waals surface area contributed by atoms with Gasteiger partial charge in [-0.15, -0.1) is 0 Å². The molecule has 0 fully saturated rings. The molecule has 0 spiro atoms. The van der Waals surface area contributed by atoms with Gasteiger partial charge in [0.05, 0.1) is 6.16 Å². The third-order valence-corrected chi connectivity index (χ3v) is 10.4. The first kappa shape index (κ1) is 20.0. The van der Waals surface area contributed by atoms with Crippen LogP contribution in [-0.2, 0) is 11.9 Å². The second-order valence-corrected chi connectivity index (χ2v) is 11.5. The molecule has 4 aromatic carbocycles. The van der Waals surface area contributed by atoms with Crippen LogP contribution in [0.5, 0.6) is 0 Å². The predicted octanol–water partition coefficient (Wildman–Crippen LogP) is 6.04. The maximum atomic E-state index is 2.38. The zero-order chi connectivity index (χ0) is 19.9. The molecule has 0 saturated carbocycles. The first-order valence-electron chi connectivity index (χ1n) is 9.95. The molecule has 0 N–H and O–H groups in total. The van der Waals surface area contributed by atoms with Crippen LogP contribution in [0.2, 0.25) is 0 Å². The number of hydrogen-bond acceptors (Lipinski definition) is 1. The average Bonchev–Trinajstić information content (AvgIpc) is 2.80. The summed E-state index contributed by atoms with van der Waals surface area (Å²) in [5, 5.41) is 4.41. The molecule has 0 bridgehead atoms. The van der Waals surface area contributed by atoms with Crippen molar-refractivity contribution in [2.24, 2.45) is 0 Å². The van der Waals surface area contributed by atoms with Gasteiger partial charge in [0, 0.05) is 11.3 Å². The van der Waals surface area contributed by atoms with Crippen LogP contribution >= 0.6 is 19.0 Å². The Morgan fingerprint density at radius 2 is 1.07 bits per heavy atom. The van der Waals surface area contributed by atoms with Gasteiger partial charge in [-0.2, -0.15) is 11.8 Å².